The van der Waals surface area contributed by atoms with Gasteiger partial charge in [0.05, 0.1) is 19.8 Å². The molecule has 0 spiro atoms. The number of amides is 1. The maximum Gasteiger partial charge on any atom is 0.220 e. The molecule has 1 amide bonds. The van der Waals surface area contributed by atoms with Gasteiger partial charge in [0.1, 0.15) is 0 Å². The Morgan fingerprint density at radius 3 is 2.46 bits per heavy atom. The number of rotatable bonds is 10. The normalized spacial score (nSPS) is 14.1. The first-order chi connectivity index (χ1) is 13.8. The van der Waals surface area contributed by atoms with E-state index < -0.39 is 0 Å². The van der Waals surface area contributed by atoms with Crippen molar-refractivity contribution in [3.63, 3.8) is 0 Å². The maximum absolute atomic E-state index is 12.0. The van der Waals surface area contributed by atoms with Crippen LogP contribution in [0.15, 0.2) is 54.6 Å². The number of carbonyl (C=O) groups excluding carboxylic acids is 1. The van der Waals surface area contributed by atoms with Crippen LogP contribution in [-0.4, -0.2) is 45.4 Å². The standard InChI is InChI=1S/C23H30N2O3/c26-23(7-4-15-27-16-12-20-5-2-1-3-6-20)24-19-21-8-10-22(11-9-21)25-13-17-28-18-14-25/h1-3,5-6,8-11H,4,7,12-19H2,(H,24,26). The molecule has 2 aromatic rings. The first-order valence-corrected chi connectivity index (χ1v) is 10.1. The van der Waals surface area contributed by atoms with Gasteiger partial charge < -0.3 is 19.7 Å². The Morgan fingerprint density at radius 1 is 0.964 bits per heavy atom. The van der Waals surface area contributed by atoms with Crippen LogP contribution in [0.5, 0.6) is 0 Å². The minimum Gasteiger partial charge on any atom is -0.381 e. The first kappa shape index (κ1) is 20.4. The summed E-state index contributed by atoms with van der Waals surface area (Å²) in [5.74, 6) is 0.0731. The fourth-order valence-corrected chi connectivity index (χ4v) is 3.21. The molecule has 1 aliphatic heterocycles. The summed E-state index contributed by atoms with van der Waals surface area (Å²) in [5.41, 5.74) is 3.61. The monoisotopic (exact) mass is 382 g/mol. The Labute approximate surface area is 167 Å². The highest BCUT2D eigenvalue weighted by atomic mass is 16.5. The van der Waals surface area contributed by atoms with Crippen LogP contribution >= 0.6 is 0 Å². The number of carbonyl (C=O) groups is 1. The summed E-state index contributed by atoms with van der Waals surface area (Å²) in [6.07, 6.45) is 2.15. The molecule has 2 aromatic carbocycles. The molecule has 0 atom stereocenters. The molecular formula is C23H30N2O3. The van der Waals surface area contributed by atoms with Crippen LogP contribution < -0.4 is 10.2 Å². The quantitative estimate of drug-likeness (QED) is 0.641. The van der Waals surface area contributed by atoms with Crippen molar-refractivity contribution in [2.24, 2.45) is 0 Å². The van der Waals surface area contributed by atoms with Crippen LogP contribution in [0.4, 0.5) is 5.69 Å². The van der Waals surface area contributed by atoms with E-state index in [0.717, 1.165) is 44.7 Å². The van der Waals surface area contributed by atoms with Gasteiger partial charge in [-0.1, -0.05) is 42.5 Å². The van der Waals surface area contributed by atoms with E-state index in [1.807, 2.05) is 18.2 Å². The molecule has 0 aromatic heterocycles. The van der Waals surface area contributed by atoms with Crippen molar-refractivity contribution in [2.75, 3.05) is 44.4 Å². The summed E-state index contributed by atoms with van der Waals surface area (Å²) in [6.45, 7) is 5.32. The van der Waals surface area contributed by atoms with Crippen LogP contribution in [-0.2, 0) is 27.2 Å². The van der Waals surface area contributed by atoms with Crippen molar-refractivity contribution >= 4 is 11.6 Å². The zero-order valence-corrected chi connectivity index (χ0v) is 16.4. The van der Waals surface area contributed by atoms with Gasteiger partial charge in [-0.25, -0.2) is 0 Å². The number of ether oxygens (including phenoxy) is 2. The van der Waals surface area contributed by atoms with Crippen molar-refractivity contribution in [2.45, 2.75) is 25.8 Å². The molecule has 1 fully saturated rings. The molecule has 1 aliphatic rings. The molecule has 1 heterocycles. The zero-order chi connectivity index (χ0) is 19.4. The first-order valence-electron chi connectivity index (χ1n) is 10.1. The van der Waals surface area contributed by atoms with E-state index in [9.17, 15) is 4.79 Å². The van der Waals surface area contributed by atoms with Crippen molar-refractivity contribution in [1.82, 2.24) is 5.32 Å². The fourth-order valence-electron chi connectivity index (χ4n) is 3.21. The lowest BCUT2D eigenvalue weighted by atomic mass is 10.2. The van der Waals surface area contributed by atoms with Gasteiger partial charge >= 0.3 is 0 Å². The Bertz CT molecular complexity index is 698. The number of hydrogen-bond acceptors (Lipinski definition) is 4. The van der Waals surface area contributed by atoms with Crippen LogP contribution in [0.3, 0.4) is 0 Å². The van der Waals surface area contributed by atoms with E-state index in [4.69, 9.17) is 9.47 Å². The van der Waals surface area contributed by atoms with E-state index in [2.05, 4.69) is 46.6 Å². The molecule has 0 unspecified atom stereocenters. The zero-order valence-electron chi connectivity index (χ0n) is 16.4. The van der Waals surface area contributed by atoms with Gasteiger partial charge in [0.15, 0.2) is 0 Å². The number of hydrogen-bond donors (Lipinski definition) is 1. The van der Waals surface area contributed by atoms with Crippen LogP contribution in [0.1, 0.15) is 24.0 Å². The summed E-state index contributed by atoms with van der Waals surface area (Å²) in [5, 5.41) is 2.99. The molecular weight excluding hydrogens is 352 g/mol. The molecule has 1 saturated heterocycles. The van der Waals surface area contributed by atoms with E-state index in [1.54, 1.807) is 0 Å². The number of anilines is 1. The second-order valence-electron chi connectivity index (χ2n) is 6.99. The second-order valence-corrected chi connectivity index (χ2v) is 6.99. The van der Waals surface area contributed by atoms with E-state index in [-0.39, 0.29) is 5.91 Å². The minimum absolute atomic E-state index is 0.0731. The van der Waals surface area contributed by atoms with E-state index >= 15 is 0 Å². The van der Waals surface area contributed by atoms with Crippen molar-refractivity contribution in [3.8, 4) is 0 Å². The lowest BCUT2D eigenvalue weighted by Crippen LogP contribution is -2.36. The molecule has 0 aliphatic carbocycles. The highest BCUT2D eigenvalue weighted by Crippen LogP contribution is 2.16. The third kappa shape index (κ3) is 6.98. The Kier molecular flexibility index (Phi) is 8.34. The van der Waals surface area contributed by atoms with E-state index in [0.29, 0.717) is 26.2 Å². The third-order valence-electron chi connectivity index (χ3n) is 4.87. The third-order valence-corrected chi connectivity index (χ3v) is 4.87. The SMILES string of the molecule is O=C(CCCOCCc1ccccc1)NCc1ccc(N2CCOCC2)cc1. The van der Waals surface area contributed by atoms with Crippen LogP contribution in [0.25, 0.3) is 0 Å². The molecule has 5 heteroatoms. The van der Waals surface area contributed by atoms with Crippen molar-refractivity contribution in [3.05, 3.63) is 65.7 Å². The lowest BCUT2D eigenvalue weighted by Gasteiger charge is -2.28. The topological polar surface area (TPSA) is 50.8 Å². The Balaban J connectivity index is 1.26. The molecule has 150 valence electrons. The van der Waals surface area contributed by atoms with Gasteiger partial charge in [0.25, 0.3) is 0 Å². The fraction of sp³-hybridized carbons (Fsp3) is 0.435. The molecule has 0 radical (unpaired) electrons. The maximum atomic E-state index is 12.0. The smallest absolute Gasteiger partial charge is 0.220 e. The van der Waals surface area contributed by atoms with Gasteiger partial charge in [-0.05, 0) is 36.1 Å². The lowest BCUT2D eigenvalue weighted by molar-refractivity contribution is -0.121. The average Bonchev–Trinajstić information content (AvgIpc) is 2.76. The Morgan fingerprint density at radius 2 is 1.71 bits per heavy atom. The second kappa shape index (κ2) is 11.5. The van der Waals surface area contributed by atoms with Gasteiger partial charge in [-0.2, -0.15) is 0 Å². The predicted octanol–water partition coefficient (Wildman–Crippen LogP) is 3.18. The van der Waals surface area contributed by atoms with Crippen LogP contribution in [0.2, 0.25) is 0 Å². The molecule has 28 heavy (non-hydrogen) atoms. The largest absolute Gasteiger partial charge is 0.381 e. The van der Waals surface area contributed by atoms with Crippen molar-refractivity contribution in [1.29, 1.82) is 0 Å². The predicted molar refractivity (Wildman–Crippen MR) is 112 cm³/mol. The molecule has 0 bridgehead atoms. The summed E-state index contributed by atoms with van der Waals surface area (Å²) in [6, 6.07) is 18.7. The Hall–Kier alpha value is -2.37. The molecule has 3 rings (SSSR count). The van der Waals surface area contributed by atoms with Gasteiger partial charge in [0.2, 0.25) is 5.91 Å². The van der Waals surface area contributed by atoms with Gasteiger partial charge in [-0.3, -0.25) is 4.79 Å². The van der Waals surface area contributed by atoms with Crippen LogP contribution in [0, 0.1) is 0 Å². The summed E-state index contributed by atoms with van der Waals surface area (Å²) in [4.78, 5) is 14.3. The molecule has 0 saturated carbocycles. The van der Waals surface area contributed by atoms with Crippen molar-refractivity contribution < 1.29 is 14.3 Å². The summed E-state index contributed by atoms with van der Waals surface area (Å²) < 4.78 is 11.0. The highest BCUT2D eigenvalue weighted by molar-refractivity contribution is 5.75. The minimum atomic E-state index is 0.0731. The van der Waals surface area contributed by atoms with E-state index in [1.165, 1.54) is 11.3 Å². The average molecular weight is 383 g/mol. The molecule has 1 N–H and O–H groups in total. The van der Waals surface area contributed by atoms with Gasteiger partial charge in [0, 0.05) is 38.3 Å². The number of morpholine rings is 1. The number of nitrogens with one attached hydrogen (secondary N) is 1. The van der Waals surface area contributed by atoms with Gasteiger partial charge in [-0.15, -0.1) is 0 Å². The summed E-state index contributed by atoms with van der Waals surface area (Å²) in [7, 11) is 0. The number of nitrogens with zero attached hydrogens (tertiary/aromatic N) is 1. The number of benzene rings is 2. The molecule has 5 nitrogen and oxygen atoms in total. The highest BCUT2D eigenvalue weighted by Gasteiger charge is 2.10. The summed E-state index contributed by atoms with van der Waals surface area (Å²) >= 11 is 0.